The number of rotatable bonds is 3. The number of hydrazine groups is 1. The van der Waals surface area contributed by atoms with E-state index in [2.05, 4.69) is 18.4 Å². The van der Waals surface area contributed by atoms with Crippen molar-refractivity contribution in [2.75, 3.05) is 0 Å². The van der Waals surface area contributed by atoms with Gasteiger partial charge in [-0.15, -0.1) is 0 Å². The standard InChI is InChI=1S/C14H21ClN2/c1-14(9-5-2-6-10-14)13(17-16)11-7-3-4-8-12(11)15/h3-4,7-8,13,17H,2,5-6,9-10,16H2,1H3. The molecule has 17 heavy (non-hydrogen) atoms. The van der Waals surface area contributed by atoms with Crippen molar-refractivity contribution < 1.29 is 0 Å². The molecule has 0 aliphatic heterocycles. The Hall–Kier alpha value is -0.570. The number of hydrogen-bond donors (Lipinski definition) is 2. The number of nitrogens with one attached hydrogen (secondary N) is 1. The van der Waals surface area contributed by atoms with Crippen molar-refractivity contribution in [1.82, 2.24) is 5.43 Å². The van der Waals surface area contributed by atoms with Gasteiger partial charge in [0.2, 0.25) is 0 Å². The fourth-order valence-corrected chi connectivity index (χ4v) is 3.27. The molecular weight excluding hydrogens is 232 g/mol. The minimum Gasteiger partial charge on any atom is -0.271 e. The third kappa shape index (κ3) is 2.65. The Kier molecular flexibility index (Phi) is 4.08. The van der Waals surface area contributed by atoms with E-state index in [0.29, 0.717) is 0 Å². The molecule has 1 aliphatic rings. The first-order valence-electron chi connectivity index (χ1n) is 6.38. The molecule has 3 N–H and O–H groups in total. The first-order chi connectivity index (χ1) is 8.17. The summed E-state index contributed by atoms with van der Waals surface area (Å²) in [5.74, 6) is 5.78. The maximum Gasteiger partial charge on any atom is 0.0528 e. The van der Waals surface area contributed by atoms with Gasteiger partial charge in [0.1, 0.15) is 0 Å². The number of halogens is 1. The van der Waals surface area contributed by atoms with Gasteiger partial charge in [0.15, 0.2) is 0 Å². The zero-order chi connectivity index (χ0) is 12.3. The summed E-state index contributed by atoms with van der Waals surface area (Å²) in [6.07, 6.45) is 6.36. The van der Waals surface area contributed by atoms with E-state index in [1.807, 2.05) is 18.2 Å². The molecule has 0 bridgehead atoms. The van der Waals surface area contributed by atoms with Crippen LogP contribution in [0.5, 0.6) is 0 Å². The minimum atomic E-state index is 0.150. The zero-order valence-corrected chi connectivity index (χ0v) is 11.1. The van der Waals surface area contributed by atoms with Crippen LogP contribution in [0.25, 0.3) is 0 Å². The van der Waals surface area contributed by atoms with Crippen LogP contribution in [0.3, 0.4) is 0 Å². The molecule has 2 rings (SSSR count). The van der Waals surface area contributed by atoms with E-state index in [1.54, 1.807) is 0 Å². The Labute approximate surface area is 109 Å². The summed E-state index contributed by atoms with van der Waals surface area (Å²) in [5, 5.41) is 0.808. The molecule has 2 nitrogen and oxygen atoms in total. The van der Waals surface area contributed by atoms with Crippen molar-refractivity contribution in [1.29, 1.82) is 0 Å². The van der Waals surface area contributed by atoms with Crippen molar-refractivity contribution >= 4 is 11.6 Å². The highest BCUT2D eigenvalue weighted by Crippen LogP contribution is 2.46. The second-order valence-corrected chi connectivity index (χ2v) is 5.74. The van der Waals surface area contributed by atoms with E-state index >= 15 is 0 Å². The maximum atomic E-state index is 6.28. The molecule has 0 saturated heterocycles. The monoisotopic (exact) mass is 252 g/mol. The first-order valence-corrected chi connectivity index (χ1v) is 6.76. The molecule has 0 heterocycles. The molecule has 1 unspecified atom stereocenters. The molecule has 0 radical (unpaired) electrons. The van der Waals surface area contributed by atoms with E-state index < -0.39 is 0 Å². The molecule has 1 fully saturated rings. The maximum absolute atomic E-state index is 6.28. The lowest BCUT2D eigenvalue weighted by molar-refractivity contribution is 0.145. The van der Waals surface area contributed by atoms with Gasteiger partial charge in [0.05, 0.1) is 6.04 Å². The van der Waals surface area contributed by atoms with E-state index in [4.69, 9.17) is 17.4 Å². The summed E-state index contributed by atoms with van der Waals surface area (Å²) in [7, 11) is 0. The predicted molar refractivity (Wildman–Crippen MR) is 72.7 cm³/mol. The highest BCUT2D eigenvalue weighted by atomic mass is 35.5. The molecule has 1 aliphatic carbocycles. The van der Waals surface area contributed by atoms with Gasteiger partial charge in [0.25, 0.3) is 0 Å². The van der Waals surface area contributed by atoms with E-state index in [0.717, 1.165) is 10.6 Å². The topological polar surface area (TPSA) is 38.0 Å². The van der Waals surface area contributed by atoms with Gasteiger partial charge in [-0.3, -0.25) is 11.3 Å². The lowest BCUT2D eigenvalue weighted by Crippen LogP contribution is -2.41. The molecule has 1 atom stereocenters. The van der Waals surface area contributed by atoms with E-state index in [-0.39, 0.29) is 11.5 Å². The summed E-state index contributed by atoms with van der Waals surface area (Å²) in [5.41, 5.74) is 4.33. The largest absolute Gasteiger partial charge is 0.271 e. The molecule has 1 aromatic carbocycles. The Morgan fingerprint density at radius 3 is 2.47 bits per heavy atom. The van der Waals surface area contributed by atoms with Crippen molar-refractivity contribution in [2.24, 2.45) is 11.3 Å². The van der Waals surface area contributed by atoms with Crippen LogP contribution in [-0.2, 0) is 0 Å². The van der Waals surface area contributed by atoms with Crippen LogP contribution in [-0.4, -0.2) is 0 Å². The summed E-state index contributed by atoms with van der Waals surface area (Å²) in [6.45, 7) is 2.32. The van der Waals surface area contributed by atoms with Crippen LogP contribution >= 0.6 is 11.6 Å². The molecule has 0 spiro atoms. The molecule has 94 valence electrons. The molecular formula is C14H21ClN2. The van der Waals surface area contributed by atoms with Gasteiger partial charge in [-0.2, -0.15) is 0 Å². The summed E-state index contributed by atoms with van der Waals surface area (Å²) in [6, 6.07) is 8.15. The van der Waals surface area contributed by atoms with Crippen LogP contribution in [0.2, 0.25) is 5.02 Å². The molecule has 0 aromatic heterocycles. The van der Waals surface area contributed by atoms with Crippen LogP contribution in [0.15, 0.2) is 24.3 Å². The third-order valence-electron chi connectivity index (χ3n) is 4.08. The quantitative estimate of drug-likeness (QED) is 0.634. The van der Waals surface area contributed by atoms with Gasteiger partial charge < -0.3 is 0 Å². The zero-order valence-electron chi connectivity index (χ0n) is 10.4. The van der Waals surface area contributed by atoms with E-state index in [9.17, 15) is 0 Å². The van der Waals surface area contributed by atoms with Gasteiger partial charge in [-0.1, -0.05) is 56.0 Å². The Balaban J connectivity index is 2.29. The summed E-state index contributed by atoms with van der Waals surface area (Å²) < 4.78 is 0. The van der Waals surface area contributed by atoms with Gasteiger partial charge in [-0.25, -0.2) is 0 Å². The van der Waals surface area contributed by atoms with Crippen LogP contribution in [0, 0.1) is 5.41 Å². The Bertz CT molecular complexity index is 372. The van der Waals surface area contributed by atoms with Crippen molar-refractivity contribution in [3.63, 3.8) is 0 Å². The van der Waals surface area contributed by atoms with Crippen LogP contribution in [0.4, 0.5) is 0 Å². The average molecular weight is 253 g/mol. The lowest BCUT2D eigenvalue weighted by Gasteiger charge is -2.41. The molecule has 0 amide bonds. The minimum absolute atomic E-state index is 0.150. The molecule has 1 aromatic rings. The van der Waals surface area contributed by atoms with Crippen molar-refractivity contribution in [3.8, 4) is 0 Å². The first kappa shape index (κ1) is 12.9. The van der Waals surface area contributed by atoms with Gasteiger partial charge in [0, 0.05) is 5.02 Å². The smallest absolute Gasteiger partial charge is 0.0528 e. The fourth-order valence-electron chi connectivity index (χ4n) is 3.02. The second-order valence-electron chi connectivity index (χ2n) is 5.34. The predicted octanol–water partition coefficient (Wildman–Crippen LogP) is 3.81. The molecule has 3 heteroatoms. The van der Waals surface area contributed by atoms with Crippen LogP contribution < -0.4 is 11.3 Å². The normalized spacial score (nSPS) is 21.1. The van der Waals surface area contributed by atoms with Gasteiger partial charge >= 0.3 is 0 Å². The number of benzene rings is 1. The Morgan fingerprint density at radius 1 is 1.24 bits per heavy atom. The van der Waals surface area contributed by atoms with Crippen LogP contribution in [0.1, 0.15) is 50.6 Å². The number of hydrogen-bond acceptors (Lipinski definition) is 2. The highest BCUT2D eigenvalue weighted by Gasteiger charge is 2.36. The van der Waals surface area contributed by atoms with Gasteiger partial charge in [-0.05, 0) is 29.9 Å². The average Bonchev–Trinajstić information content (AvgIpc) is 2.33. The van der Waals surface area contributed by atoms with Crippen molar-refractivity contribution in [3.05, 3.63) is 34.9 Å². The number of nitrogens with two attached hydrogens (primary N) is 1. The lowest BCUT2D eigenvalue weighted by atomic mass is 9.69. The SMILES string of the molecule is CC1(C(NN)c2ccccc2Cl)CCCCC1. The molecule has 1 saturated carbocycles. The van der Waals surface area contributed by atoms with E-state index in [1.165, 1.54) is 32.1 Å². The fraction of sp³-hybridized carbons (Fsp3) is 0.571. The van der Waals surface area contributed by atoms with Crippen molar-refractivity contribution in [2.45, 2.75) is 45.1 Å². The highest BCUT2D eigenvalue weighted by molar-refractivity contribution is 6.31. The summed E-state index contributed by atoms with van der Waals surface area (Å²) in [4.78, 5) is 0. The summed E-state index contributed by atoms with van der Waals surface area (Å²) >= 11 is 6.28. The third-order valence-corrected chi connectivity index (χ3v) is 4.42. The Morgan fingerprint density at radius 2 is 1.88 bits per heavy atom. The second kappa shape index (κ2) is 5.38.